The fourth-order valence-corrected chi connectivity index (χ4v) is 2.42. The van der Waals surface area contributed by atoms with Crippen molar-refractivity contribution in [3.05, 3.63) is 52.0 Å². The Balaban J connectivity index is 2.02. The molecular formula is C14H14FNO2S. The van der Waals surface area contributed by atoms with E-state index in [1.54, 1.807) is 18.4 Å². The maximum atomic E-state index is 12.9. The van der Waals surface area contributed by atoms with Gasteiger partial charge in [-0.15, -0.1) is 11.3 Å². The number of hydrogen-bond acceptors (Lipinski definition) is 3. The number of aromatic hydroxyl groups is 1. The van der Waals surface area contributed by atoms with Crippen LogP contribution in [0.25, 0.3) is 0 Å². The van der Waals surface area contributed by atoms with Crippen LogP contribution >= 0.6 is 11.3 Å². The molecule has 0 aliphatic rings. The first-order chi connectivity index (χ1) is 9.08. The van der Waals surface area contributed by atoms with Crippen LogP contribution in [0.15, 0.2) is 35.7 Å². The van der Waals surface area contributed by atoms with Crippen LogP contribution in [-0.2, 0) is 6.42 Å². The van der Waals surface area contributed by atoms with E-state index < -0.39 is 5.82 Å². The molecule has 0 saturated heterocycles. The highest BCUT2D eigenvalue weighted by atomic mass is 32.1. The zero-order valence-electron chi connectivity index (χ0n) is 10.5. The van der Waals surface area contributed by atoms with E-state index in [4.69, 9.17) is 0 Å². The van der Waals surface area contributed by atoms with Crippen LogP contribution in [0.4, 0.5) is 4.39 Å². The highest BCUT2D eigenvalue weighted by molar-refractivity contribution is 7.09. The van der Waals surface area contributed by atoms with E-state index in [2.05, 4.69) is 0 Å². The summed E-state index contributed by atoms with van der Waals surface area (Å²) < 4.78 is 12.9. The molecule has 19 heavy (non-hydrogen) atoms. The normalized spacial score (nSPS) is 10.4. The van der Waals surface area contributed by atoms with E-state index >= 15 is 0 Å². The van der Waals surface area contributed by atoms with E-state index in [1.807, 2.05) is 17.5 Å². The number of nitrogens with zero attached hydrogens (tertiary/aromatic N) is 1. The summed E-state index contributed by atoms with van der Waals surface area (Å²) in [5.41, 5.74) is 0.120. The van der Waals surface area contributed by atoms with Gasteiger partial charge in [0.2, 0.25) is 0 Å². The lowest BCUT2D eigenvalue weighted by atomic mass is 10.1. The SMILES string of the molecule is CN(CCc1cccs1)C(=O)c1ccc(F)cc1O. The Labute approximate surface area is 114 Å². The second kappa shape index (κ2) is 5.84. The molecule has 0 atom stereocenters. The third-order valence-corrected chi connectivity index (χ3v) is 3.75. The van der Waals surface area contributed by atoms with Crippen molar-refractivity contribution in [1.29, 1.82) is 0 Å². The highest BCUT2D eigenvalue weighted by Gasteiger charge is 2.16. The molecule has 1 N–H and O–H groups in total. The Hall–Kier alpha value is -1.88. The fourth-order valence-electron chi connectivity index (χ4n) is 1.73. The van der Waals surface area contributed by atoms with Crippen LogP contribution in [0.3, 0.4) is 0 Å². The molecule has 1 aromatic heterocycles. The van der Waals surface area contributed by atoms with E-state index in [0.717, 1.165) is 12.5 Å². The van der Waals surface area contributed by atoms with Crippen molar-refractivity contribution in [2.24, 2.45) is 0 Å². The Morgan fingerprint density at radius 2 is 2.21 bits per heavy atom. The quantitative estimate of drug-likeness (QED) is 0.935. The van der Waals surface area contributed by atoms with Crippen LogP contribution in [0, 0.1) is 5.82 Å². The largest absolute Gasteiger partial charge is 0.507 e. The number of benzene rings is 1. The Morgan fingerprint density at radius 1 is 1.42 bits per heavy atom. The maximum absolute atomic E-state index is 12.9. The number of halogens is 1. The van der Waals surface area contributed by atoms with Gasteiger partial charge in [-0.25, -0.2) is 4.39 Å². The number of likely N-dealkylation sites (N-methyl/N-ethyl adjacent to an activating group) is 1. The monoisotopic (exact) mass is 279 g/mol. The molecule has 100 valence electrons. The summed E-state index contributed by atoms with van der Waals surface area (Å²) in [5, 5.41) is 11.6. The van der Waals surface area contributed by atoms with Crippen LogP contribution in [0.5, 0.6) is 5.75 Å². The van der Waals surface area contributed by atoms with Gasteiger partial charge in [-0.3, -0.25) is 4.79 Å². The number of carbonyl (C=O) groups is 1. The van der Waals surface area contributed by atoms with Crippen LogP contribution in [0.1, 0.15) is 15.2 Å². The standard InChI is InChI=1S/C14H14FNO2S/c1-16(7-6-11-3-2-8-19-11)14(18)12-5-4-10(15)9-13(12)17/h2-5,8-9,17H,6-7H2,1H3. The van der Waals surface area contributed by atoms with Crippen molar-refractivity contribution in [3.8, 4) is 5.75 Å². The molecule has 0 unspecified atom stereocenters. The number of hydrogen-bond donors (Lipinski definition) is 1. The molecule has 1 heterocycles. The second-order valence-electron chi connectivity index (χ2n) is 4.22. The van der Waals surface area contributed by atoms with Gasteiger partial charge in [0.1, 0.15) is 11.6 Å². The van der Waals surface area contributed by atoms with Crippen LogP contribution in [-0.4, -0.2) is 29.5 Å². The fraction of sp³-hybridized carbons (Fsp3) is 0.214. The first kappa shape index (κ1) is 13.5. The zero-order chi connectivity index (χ0) is 13.8. The number of phenols is 1. The molecule has 5 heteroatoms. The molecule has 3 nitrogen and oxygen atoms in total. The number of carbonyl (C=O) groups excluding carboxylic acids is 1. The molecular weight excluding hydrogens is 265 g/mol. The average Bonchev–Trinajstić information content (AvgIpc) is 2.88. The molecule has 1 amide bonds. The number of rotatable bonds is 4. The molecule has 2 aromatic rings. The minimum atomic E-state index is -0.560. The third kappa shape index (κ3) is 3.32. The Morgan fingerprint density at radius 3 is 2.84 bits per heavy atom. The summed E-state index contributed by atoms with van der Waals surface area (Å²) in [4.78, 5) is 14.8. The lowest BCUT2D eigenvalue weighted by Crippen LogP contribution is -2.28. The third-order valence-electron chi connectivity index (χ3n) is 2.81. The van der Waals surface area contributed by atoms with E-state index in [-0.39, 0.29) is 17.2 Å². The van der Waals surface area contributed by atoms with E-state index in [1.165, 1.54) is 21.9 Å². The van der Waals surface area contributed by atoms with Crippen molar-refractivity contribution in [3.63, 3.8) is 0 Å². The van der Waals surface area contributed by atoms with Gasteiger partial charge in [0.15, 0.2) is 0 Å². The summed E-state index contributed by atoms with van der Waals surface area (Å²) in [6.07, 6.45) is 0.766. The number of thiophene rings is 1. The zero-order valence-corrected chi connectivity index (χ0v) is 11.3. The smallest absolute Gasteiger partial charge is 0.257 e. The van der Waals surface area contributed by atoms with Crippen LogP contribution in [0.2, 0.25) is 0 Å². The minimum absolute atomic E-state index is 0.120. The Kier molecular flexibility index (Phi) is 4.16. The summed E-state index contributed by atoms with van der Waals surface area (Å²) in [6.45, 7) is 0.552. The lowest BCUT2D eigenvalue weighted by molar-refractivity contribution is 0.0794. The molecule has 1 aromatic carbocycles. The maximum Gasteiger partial charge on any atom is 0.257 e. The minimum Gasteiger partial charge on any atom is -0.507 e. The van der Waals surface area contributed by atoms with Crippen molar-refractivity contribution >= 4 is 17.2 Å². The summed E-state index contributed by atoms with van der Waals surface area (Å²) in [7, 11) is 1.67. The topological polar surface area (TPSA) is 40.5 Å². The molecule has 0 saturated carbocycles. The van der Waals surface area contributed by atoms with Gasteiger partial charge in [0.05, 0.1) is 5.56 Å². The molecule has 2 rings (SSSR count). The Bertz CT molecular complexity index is 569. The van der Waals surface area contributed by atoms with Gasteiger partial charge in [-0.2, -0.15) is 0 Å². The van der Waals surface area contributed by atoms with E-state index in [0.29, 0.717) is 6.54 Å². The summed E-state index contributed by atoms with van der Waals surface area (Å²) in [5.74, 6) is -1.20. The highest BCUT2D eigenvalue weighted by Crippen LogP contribution is 2.20. The summed E-state index contributed by atoms with van der Waals surface area (Å²) >= 11 is 1.64. The number of phenolic OH excluding ortho intramolecular Hbond substituents is 1. The van der Waals surface area contributed by atoms with Gasteiger partial charge in [-0.1, -0.05) is 6.07 Å². The number of amides is 1. The van der Waals surface area contributed by atoms with Crippen molar-refractivity contribution in [2.45, 2.75) is 6.42 Å². The molecule has 0 bridgehead atoms. The first-order valence-corrected chi connectivity index (χ1v) is 6.72. The van der Waals surface area contributed by atoms with Gasteiger partial charge in [0.25, 0.3) is 5.91 Å². The molecule has 0 aliphatic carbocycles. The second-order valence-corrected chi connectivity index (χ2v) is 5.25. The van der Waals surface area contributed by atoms with E-state index in [9.17, 15) is 14.3 Å². The molecule has 0 aliphatic heterocycles. The lowest BCUT2D eigenvalue weighted by Gasteiger charge is -2.17. The predicted molar refractivity (Wildman–Crippen MR) is 73.0 cm³/mol. The molecule has 0 radical (unpaired) electrons. The van der Waals surface area contributed by atoms with Gasteiger partial charge in [0, 0.05) is 24.5 Å². The summed E-state index contributed by atoms with van der Waals surface area (Å²) in [6, 6.07) is 7.39. The molecule has 0 spiro atoms. The van der Waals surface area contributed by atoms with Crippen molar-refractivity contribution in [2.75, 3.05) is 13.6 Å². The van der Waals surface area contributed by atoms with Crippen molar-refractivity contribution < 1.29 is 14.3 Å². The van der Waals surface area contributed by atoms with Gasteiger partial charge >= 0.3 is 0 Å². The first-order valence-electron chi connectivity index (χ1n) is 5.84. The van der Waals surface area contributed by atoms with Crippen LogP contribution < -0.4 is 0 Å². The average molecular weight is 279 g/mol. The van der Waals surface area contributed by atoms with Gasteiger partial charge < -0.3 is 10.0 Å². The predicted octanol–water partition coefficient (Wildman–Crippen LogP) is 2.91. The van der Waals surface area contributed by atoms with Crippen molar-refractivity contribution in [1.82, 2.24) is 4.90 Å². The van der Waals surface area contributed by atoms with Gasteiger partial charge in [-0.05, 0) is 30.0 Å². The molecule has 0 fully saturated rings.